The average Bonchev–Trinajstić information content (AvgIpc) is 3.19. The standard InChI is InChI=1S/C52H100O6/c1-7-48(6)40-34-28-21-18-19-23-31-37-43-52(55)58-49(45-57-51(54)42-36-30-25-24-27-33-39-47(4)5)44-56-50(53)41-35-29-22-17-15-13-11-9-8-10-12-14-16-20-26-32-38-46(2)3/h46-49H,7-45H2,1-6H3/t48?,49-/m0/s1. The molecule has 6 nitrogen and oxygen atoms in total. The Morgan fingerprint density at radius 3 is 0.897 bits per heavy atom. The molecule has 0 aromatic carbocycles. The molecular weight excluding hydrogens is 721 g/mol. The number of unbranched alkanes of at least 4 members (excludes halogenated alkanes) is 27. The molecule has 0 fully saturated rings. The van der Waals surface area contributed by atoms with Crippen molar-refractivity contribution in [3.05, 3.63) is 0 Å². The second-order valence-electron chi connectivity index (χ2n) is 19.0. The zero-order valence-corrected chi connectivity index (χ0v) is 39.8. The lowest BCUT2D eigenvalue weighted by Crippen LogP contribution is -2.30. The number of ether oxygens (including phenoxy) is 3. The number of hydrogen-bond donors (Lipinski definition) is 0. The second-order valence-corrected chi connectivity index (χ2v) is 19.0. The van der Waals surface area contributed by atoms with Crippen molar-refractivity contribution in [3.63, 3.8) is 0 Å². The fourth-order valence-electron chi connectivity index (χ4n) is 7.73. The molecule has 0 spiro atoms. The number of carbonyl (C=O) groups excluding carboxylic acids is 3. The van der Waals surface area contributed by atoms with E-state index in [0.717, 1.165) is 75.5 Å². The highest BCUT2D eigenvalue weighted by Gasteiger charge is 2.19. The van der Waals surface area contributed by atoms with Gasteiger partial charge in [-0.3, -0.25) is 14.4 Å². The molecule has 6 heteroatoms. The van der Waals surface area contributed by atoms with E-state index in [1.165, 1.54) is 161 Å². The number of esters is 3. The van der Waals surface area contributed by atoms with Gasteiger partial charge in [0.15, 0.2) is 6.10 Å². The number of hydrogen-bond acceptors (Lipinski definition) is 6. The minimum absolute atomic E-state index is 0.0658. The van der Waals surface area contributed by atoms with Crippen LogP contribution in [-0.4, -0.2) is 37.2 Å². The Balaban J connectivity index is 4.23. The summed E-state index contributed by atoms with van der Waals surface area (Å²) < 4.78 is 16.8. The minimum Gasteiger partial charge on any atom is -0.462 e. The van der Waals surface area contributed by atoms with Crippen molar-refractivity contribution in [1.29, 1.82) is 0 Å². The van der Waals surface area contributed by atoms with Gasteiger partial charge in [0.25, 0.3) is 0 Å². The van der Waals surface area contributed by atoms with Gasteiger partial charge in [0.1, 0.15) is 13.2 Å². The minimum atomic E-state index is -0.763. The van der Waals surface area contributed by atoms with Crippen LogP contribution < -0.4 is 0 Å². The quantitative estimate of drug-likeness (QED) is 0.0346. The topological polar surface area (TPSA) is 78.9 Å². The van der Waals surface area contributed by atoms with Crippen LogP contribution in [0, 0.1) is 17.8 Å². The predicted octanol–water partition coefficient (Wildman–Crippen LogP) is 16.4. The molecule has 0 aliphatic carbocycles. The van der Waals surface area contributed by atoms with Gasteiger partial charge >= 0.3 is 17.9 Å². The van der Waals surface area contributed by atoms with E-state index in [2.05, 4.69) is 41.5 Å². The summed E-state index contributed by atoms with van der Waals surface area (Å²) in [7, 11) is 0. The molecular formula is C52H100O6. The molecule has 0 saturated heterocycles. The third-order valence-corrected chi connectivity index (χ3v) is 12.0. The molecule has 0 rings (SSSR count). The highest BCUT2D eigenvalue weighted by molar-refractivity contribution is 5.71. The maximum atomic E-state index is 12.7. The van der Waals surface area contributed by atoms with Crippen LogP contribution in [-0.2, 0) is 28.6 Å². The molecule has 58 heavy (non-hydrogen) atoms. The van der Waals surface area contributed by atoms with Crippen molar-refractivity contribution >= 4 is 17.9 Å². The maximum Gasteiger partial charge on any atom is 0.306 e. The van der Waals surface area contributed by atoms with Crippen molar-refractivity contribution in [2.45, 2.75) is 285 Å². The molecule has 0 N–H and O–H groups in total. The third kappa shape index (κ3) is 44.0. The van der Waals surface area contributed by atoms with Crippen molar-refractivity contribution in [2.24, 2.45) is 17.8 Å². The van der Waals surface area contributed by atoms with Gasteiger partial charge in [-0.25, -0.2) is 0 Å². The summed E-state index contributed by atoms with van der Waals surface area (Å²) >= 11 is 0. The van der Waals surface area contributed by atoms with Gasteiger partial charge in [-0.2, -0.15) is 0 Å². The second kappa shape index (κ2) is 43.5. The summed E-state index contributed by atoms with van der Waals surface area (Å²) in [6.07, 6.45) is 42.5. The monoisotopic (exact) mass is 821 g/mol. The normalized spacial score (nSPS) is 12.6. The van der Waals surface area contributed by atoms with Crippen molar-refractivity contribution in [2.75, 3.05) is 13.2 Å². The molecule has 0 amide bonds. The number of rotatable bonds is 45. The van der Waals surface area contributed by atoms with E-state index in [-0.39, 0.29) is 31.1 Å². The first kappa shape index (κ1) is 56.4. The van der Waals surface area contributed by atoms with Crippen LogP contribution in [0.25, 0.3) is 0 Å². The zero-order chi connectivity index (χ0) is 42.7. The smallest absolute Gasteiger partial charge is 0.306 e. The Bertz CT molecular complexity index is 900. The molecule has 344 valence electrons. The van der Waals surface area contributed by atoms with E-state index < -0.39 is 6.10 Å². The van der Waals surface area contributed by atoms with Crippen LogP contribution in [0.4, 0.5) is 0 Å². The van der Waals surface area contributed by atoms with Gasteiger partial charge in [-0.15, -0.1) is 0 Å². The fourth-order valence-corrected chi connectivity index (χ4v) is 7.73. The van der Waals surface area contributed by atoms with E-state index in [1.54, 1.807) is 0 Å². The Morgan fingerprint density at radius 1 is 0.345 bits per heavy atom. The molecule has 1 unspecified atom stereocenters. The lowest BCUT2D eigenvalue weighted by molar-refractivity contribution is -0.167. The van der Waals surface area contributed by atoms with Crippen LogP contribution >= 0.6 is 0 Å². The SMILES string of the molecule is CCC(C)CCCCCCCCCCC(=O)O[C@@H](COC(=O)CCCCCCCCCCCCCCCCCCC(C)C)COC(=O)CCCCCCCCC(C)C. The van der Waals surface area contributed by atoms with Gasteiger partial charge < -0.3 is 14.2 Å². The summed E-state index contributed by atoms with van der Waals surface area (Å²) in [5.41, 5.74) is 0. The highest BCUT2D eigenvalue weighted by Crippen LogP contribution is 2.18. The highest BCUT2D eigenvalue weighted by atomic mass is 16.6. The molecule has 0 radical (unpaired) electrons. The van der Waals surface area contributed by atoms with Gasteiger partial charge in [-0.05, 0) is 37.0 Å². The Kier molecular flexibility index (Phi) is 42.3. The van der Waals surface area contributed by atoms with Gasteiger partial charge in [0.2, 0.25) is 0 Å². The molecule has 0 aliphatic rings. The lowest BCUT2D eigenvalue weighted by atomic mass is 9.99. The van der Waals surface area contributed by atoms with E-state index in [1.807, 2.05) is 0 Å². The van der Waals surface area contributed by atoms with Gasteiger partial charge in [0.05, 0.1) is 0 Å². The maximum absolute atomic E-state index is 12.7. The first-order chi connectivity index (χ1) is 28.1. The Labute approximate surface area is 361 Å². The third-order valence-electron chi connectivity index (χ3n) is 12.0. The van der Waals surface area contributed by atoms with Gasteiger partial charge in [0, 0.05) is 19.3 Å². The largest absolute Gasteiger partial charge is 0.462 e. The Hall–Kier alpha value is -1.59. The number of carbonyl (C=O) groups is 3. The van der Waals surface area contributed by atoms with Crippen LogP contribution in [0.3, 0.4) is 0 Å². The molecule has 0 bridgehead atoms. The molecule has 0 aromatic heterocycles. The predicted molar refractivity (Wildman–Crippen MR) is 247 cm³/mol. The molecule has 0 aliphatic heterocycles. The average molecular weight is 821 g/mol. The molecule has 0 aromatic rings. The Morgan fingerprint density at radius 2 is 0.603 bits per heavy atom. The van der Waals surface area contributed by atoms with Crippen LogP contribution in [0.15, 0.2) is 0 Å². The van der Waals surface area contributed by atoms with Crippen molar-refractivity contribution in [1.82, 2.24) is 0 Å². The van der Waals surface area contributed by atoms with Gasteiger partial charge in [-0.1, -0.05) is 241 Å². The van der Waals surface area contributed by atoms with Crippen LogP contribution in [0.5, 0.6) is 0 Å². The van der Waals surface area contributed by atoms with E-state index in [9.17, 15) is 14.4 Å². The molecule has 2 atom stereocenters. The fraction of sp³-hybridized carbons (Fsp3) is 0.942. The van der Waals surface area contributed by atoms with E-state index in [0.29, 0.717) is 19.3 Å². The first-order valence-electron chi connectivity index (χ1n) is 25.6. The van der Waals surface area contributed by atoms with E-state index in [4.69, 9.17) is 14.2 Å². The molecule has 0 heterocycles. The molecule has 0 saturated carbocycles. The summed E-state index contributed by atoms with van der Waals surface area (Å²) in [6, 6.07) is 0. The lowest BCUT2D eigenvalue weighted by Gasteiger charge is -2.18. The first-order valence-corrected chi connectivity index (χ1v) is 25.6. The van der Waals surface area contributed by atoms with Crippen LogP contribution in [0.1, 0.15) is 279 Å². The zero-order valence-electron chi connectivity index (χ0n) is 39.8. The van der Waals surface area contributed by atoms with E-state index >= 15 is 0 Å². The van der Waals surface area contributed by atoms with Crippen LogP contribution in [0.2, 0.25) is 0 Å². The van der Waals surface area contributed by atoms with Crippen molar-refractivity contribution in [3.8, 4) is 0 Å². The summed E-state index contributed by atoms with van der Waals surface area (Å²) in [6.45, 7) is 13.7. The summed E-state index contributed by atoms with van der Waals surface area (Å²) in [4.78, 5) is 37.8. The summed E-state index contributed by atoms with van der Waals surface area (Å²) in [5, 5.41) is 0. The summed E-state index contributed by atoms with van der Waals surface area (Å²) in [5.74, 6) is 1.60. The van der Waals surface area contributed by atoms with Crippen molar-refractivity contribution < 1.29 is 28.6 Å².